The first-order valence-electron chi connectivity index (χ1n) is 12.5. The van der Waals surface area contributed by atoms with Crippen LogP contribution in [0.1, 0.15) is 122 Å². The number of hydrogen-bond donors (Lipinski definition) is 3. The minimum Gasteiger partial charge on any atom is -0.480 e. The fourth-order valence-corrected chi connectivity index (χ4v) is 3.46. The number of carboxylic acid groups (broad SMARTS) is 1. The number of carbonyl (C=O) groups excluding carboxylic acids is 1. The van der Waals surface area contributed by atoms with Crippen LogP contribution in [0.5, 0.6) is 0 Å². The molecule has 0 bridgehead atoms. The van der Waals surface area contributed by atoms with Crippen molar-refractivity contribution in [2.75, 3.05) is 6.54 Å². The van der Waals surface area contributed by atoms with Gasteiger partial charge >= 0.3 is 5.97 Å². The van der Waals surface area contributed by atoms with Crippen LogP contribution < -0.4 is 11.1 Å². The molecule has 1 atom stereocenters. The molecule has 0 aliphatic heterocycles. The van der Waals surface area contributed by atoms with Gasteiger partial charge in [0.05, 0.1) is 0 Å². The third-order valence-electron chi connectivity index (χ3n) is 5.50. The van der Waals surface area contributed by atoms with Gasteiger partial charge < -0.3 is 16.2 Å². The first kappa shape index (κ1) is 28.6. The Morgan fingerprint density at radius 2 is 1.33 bits per heavy atom. The average Bonchev–Trinajstić information content (AvgIpc) is 2.72. The van der Waals surface area contributed by atoms with Crippen LogP contribution in [-0.4, -0.2) is 29.6 Å². The number of carboxylic acids is 1. The van der Waals surface area contributed by atoms with Crippen molar-refractivity contribution in [1.82, 2.24) is 5.32 Å². The summed E-state index contributed by atoms with van der Waals surface area (Å²) in [6.45, 7) is 2.87. The molecule has 0 saturated heterocycles. The molecular weight excluding hydrogens is 376 g/mol. The van der Waals surface area contributed by atoms with Crippen LogP contribution in [0, 0.1) is 0 Å². The third kappa shape index (κ3) is 21.4. The molecule has 0 spiro atoms. The quantitative estimate of drug-likeness (QED) is 0.144. The molecule has 0 aromatic carbocycles. The molecule has 0 aromatic heterocycles. The summed E-state index contributed by atoms with van der Waals surface area (Å²) in [5.74, 6) is -0.872. The number of nitrogens with two attached hydrogens (primary N) is 1. The van der Waals surface area contributed by atoms with E-state index in [4.69, 9.17) is 10.8 Å². The average molecular weight is 425 g/mol. The molecule has 30 heavy (non-hydrogen) atoms. The zero-order chi connectivity index (χ0) is 22.3. The maximum absolute atomic E-state index is 11.7. The number of carbonyl (C=O) groups is 2. The van der Waals surface area contributed by atoms with Crippen LogP contribution >= 0.6 is 0 Å². The Morgan fingerprint density at radius 1 is 0.800 bits per heavy atom. The van der Waals surface area contributed by atoms with E-state index < -0.39 is 12.0 Å². The Morgan fingerprint density at radius 3 is 1.90 bits per heavy atom. The predicted octanol–water partition coefficient (Wildman–Crippen LogP) is 6.11. The number of amides is 1. The Balaban J connectivity index is 3.29. The lowest BCUT2D eigenvalue weighted by Gasteiger charge is -2.07. The first-order valence-corrected chi connectivity index (χ1v) is 12.5. The van der Waals surface area contributed by atoms with Crippen LogP contribution in [0.15, 0.2) is 12.2 Å². The monoisotopic (exact) mass is 424 g/mol. The molecule has 0 saturated carbocycles. The predicted molar refractivity (Wildman–Crippen MR) is 127 cm³/mol. The van der Waals surface area contributed by atoms with E-state index in [1.54, 1.807) is 0 Å². The molecule has 176 valence electrons. The second kappa shape index (κ2) is 22.3. The minimum absolute atomic E-state index is 0.0897. The highest BCUT2D eigenvalue weighted by atomic mass is 16.4. The number of nitrogens with one attached hydrogen (secondary N) is 1. The van der Waals surface area contributed by atoms with E-state index >= 15 is 0 Å². The van der Waals surface area contributed by atoms with Crippen LogP contribution in [0.2, 0.25) is 0 Å². The number of rotatable bonds is 22. The molecule has 0 radical (unpaired) electrons. The molecule has 1 amide bonds. The van der Waals surface area contributed by atoms with Gasteiger partial charge in [-0.2, -0.15) is 0 Å². The van der Waals surface area contributed by atoms with Gasteiger partial charge in [0.2, 0.25) is 5.91 Å². The molecule has 0 heterocycles. The first-order chi connectivity index (χ1) is 14.6. The third-order valence-corrected chi connectivity index (χ3v) is 5.50. The Kier molecular flexibility index (Phi) is 21.3. The van der Waals surface area contributed by atoms with Gasteiger partial charge in [0, 0.05) is 13.0 Å². The largest absolute Gasteiger partial charge is 0.480 e. The van der Waals surface area contributed by atoms with Crippen molar-refractivity contribution < 1.29 is 14.7 Å². The van der Waals surface area contributed by atoms with Crippen molar-refractivity contribution >= 4 is 11.9 Å². The molecule has 0 aromatic rings. The lowest BCUT2D eigenvalue weighted by Crippen LogP contribution is -2.30. The van der Waals surface area contributed by atoms with E-state index in [9.17, 15) is 9.59 Å². The smallest absolute Gasteiger partial charge is 0.320 e. The molecule has 0 aliphatic rings. The Labute approximate surface area is 185 Å². The summed E-state index contributed by atoms with van der Waals surface area (Å²) >= 11 is 0. The molecule has 0 unspecified atom stereocenters. The molecule has 5 heteroatoms. The van der Waals surface area contributed by atoms with E-state index in [0.29, 0.717) is 19.4 Å². The summed E-state index contributed by atoms with van der Waals surface area (Å²) in [6, 6.07) is -0.793. The SMILES string of the molecule is CCCCCCCCCCCC/C=C/CCCCC(=O)NCCCC[C@H](N)C(=O)O. The zero-order valence-corrected chi connectivity index (χ0v) is 19.5. The summed E-state index contributed by atoms with van der Waals surface area (Å²) in [4.78, 5) is 22.3. The van der Waals surface area contributed by atoms with Crippen LogP contribution in [0.3, 0.4) is 0 Å². The van der Waals surface area contributed by atoms with Gasteiger partial charge in [-0.1, -0.05) is 76.9 Å². The number of unbranched alkanes of at least 4 members (excludes halogenated alkanes) is 13. The standard InChI is InChI=1S/C25H48N2O3/c1-2-3-4-5-6-7-8-9-10-11-12-13-14-15-16-17-21-24(28)27-22-19-18-20-23(26)25(29)30/h13-14,23H,2-12,15-22,26H2,1H3,(H,27,28)(H,29,30)/b14-13+/t23-/m0/s1. The highest BCUT2D eigenvalue weighted by Gasteiger charge is 2.10. The summed E-state index contributed by atoms with van der Waals surface area (Å²) in [7, 11) is 0. The van der Waals surface area contributed by atoms with Gasteiger partial charge in [0.25, 0.3) is 0 Å². The van der Waals surface area contributed by atoms with E-state index in [2.05, 4.69) is 24.4 Å². The van der Waals surface area contributed by atoms with Crippen LogP contribution in [0.4, 0.5) is 0 Å². The fraction of sp³-hybridized carbons (Fsp3) is 0.840. The Hall–Kier alpha value is -1.36. The molecule has 0 rings (SSSR count). The fourth-order valence-electron chi connectivity index (χ4n) is 3.46. The molecule has 0 fully saturated rings. The van der Waals surface area contributed by atoms with Crippen LogP contribution in [0.25, 0.3) is 0 Å². The number of hydrogen-bond acceptors (Lipinski definition) is 3. The lowest BCUT2D eigenvalue weighted by molar-refractivity contribution is -0.138. The van der Waals surface area contributed by atoms with E-state index in [0.717, 1.165) is 32.1 Å². The van der Waals surface area contributed by atoms with Gasteiger partial charge in [-0.3, -0.25) is 9.59 Å². The summed E-state index contributed by atoms with van der Waals surface area (Å²) in [5, 5.41) is 11.6. The van der Waals surface area contributed by atoms with E-state index in [-0.39, 0.29) is 5.91 Å². The molecule has 0 aliphatic carbocycles. The summed E-state index contributed by atoms with van der Waals surface area (Å²) < 4.78 is 0. The van der Waals surface area contributed by atoms with E-state index in [1.165, 1.54) is 70.6 Å². The minimum atomic E-state index is -0.961. The van der Waals surface area contributed by atoms with Gasteiger partial charge in [-0.05, 0) is 51.4 Å². The van der Waals surface area contributed by atoms with Crippen LogP contribution in [-0.2, 0) is 9.59 Å². The lowest BCUT2D eigenvalue weighted by atomic mass is 10.1. The second-order valence-electron chi connectivity index (χ2n) is 8.48. The van der Waals surface area contributed by atoms with Gasteiger partial charge in [0.1, 0.15) is 6.04 Å². The number of aliphatic carboxylic acids is 1. The maximum Gasteiger partial charge on any atom is 0.320 e. The van der Waals surface area contributed by atoms with Gasteiger partial charge in [0.15, 0.2) is 0 Å². The highest BCUT2D eigenvalue weighted by Crippen LogP contribution is 2.11. The van der Waals surface area contributed by atoms with Crippen molar-refractivity contribution in [3.63, 3.8) is 0 Å². The van der Waals surface area contributed by atoms with E-state index in [1.807, 2.05) is 0 Å². The second-order valence-corrected chi connectivity index (χ2v) is 8.48. The molecule has 4 N–H and O–H groups in total. The molecular formula is C25H48N2O3. The van der Waals surface area contributed by atoms with Crippen molar-refractivity contribution in [3.8, 4) is 0 Å². The highest BCUT2D eigenvalue weighted by molar-refractivity contribution is 5.75. The molecule has 5 nitrogen and oxygen atoms in total. The zero-order valence-electron chi connectivity index (χ0n) is 19.5. The van der Waals surface area contributed by atoms with Gasteiger partial charge in [-0.25, -0.2) is 0 Å². The van der Waals surface area contributed by atoms with Crippen molar-refractivity contribution in [1.29, 1.82) is 0 Å². The summed E-state index contributed by atoms with van der Waals surface area (Å²) in [5.41, 5.74) is 5.44. The van der Waals surface area contributed by atoms with Crippen molar-refractivity contribution in [2.45, 2.75) is 129 Å². The normalized spacial score (nSPS) is 12.3. The van der Waals surface area contributed by atoms with Gasteiger partial charge in [-0.15, -0.1) is 0 Å². The Bertz CT molecular complexity index is 438. The maximum atomic E-state index is 11.7. The van der Waals surface area contributed by atoms with Crippen molar-refractivity contribution in [3.05, 3.63) is 12.2 Å². The van der Waals surface area contributed by atoms with Crippen molar-refractivity contribution in [2.24, 2.45) is 5.73 Å². The number of allylic oxidation sites excluding steroid dienone is 2. The topological polar surface area (TPSA) is 92.4 Å². The summed E-state index contributed by atoms with van der Waals surface area (Å²) in [6.07, 6.45) is 25.1.